The average molecular weight is 1190 g/mol. The van der Waals surface area contributed by atoms with Gasteiger partial charge in [0.25, 0.3) is 0 Å². The number of benzene rings is 3. The second-order valence-electron chi connectivity index (χ2n) is 19.9. The van der Waals surface area contributed by atoms with Crippen LogP contribution in [-0.2, 0) is 45.2 Å². The van der Waals surface area contributed by atoms with Crippen molar-refractivity contribution in [3.05, 3.63) is 88.8 Å². The first-order valence-electron chi connectivity index (χ1n) is 25.5. The van der Waals surface area contributed by atoms with E-state index in [0.29, 0.717) is 0 Å². The molecule has 0 saturated carbocycles. The number of aliphatic hydroxyl groups is 12. The molecule has 4 aliphatic rings. The van der Waals surface area contributed by atoms with Crippen LogP contribution in [0.5, 0.6) is 51.7 Å². The minimum absolute atomic E-state index is 0.0336. The summed E-state index contributed by atoms with van der Waals surface area (Å²) in [7, 11) is 0. The van der Waals surface area contributed by atoms with Gasteiger partial charge in [-0.05, 0) is 24.3 Å². The topological polar surface area (TPSA) is 527 Å². The number of aromatic hydroxyl groups is 5. The highest BCUT2D eigenvalue weighted by molar-refractivity contribution is 5.91. The number of aromatic nitrogens is 9. The summed E-state index contributed by atoms with van der Waals surface area (Å²) < 4.78 is 49.7. The molecular weight excluding hydrogens is 1130 g/mol. The molecule has 10 rings (SSSR count). The van der Waals surface area contributed by atoms with E-state index >= 15 is 0 Å². The molecule has 0 spiro atoms. The van der Waals surface area contributed by atoms with E-state index in [-0.39, 0.29) is 46.1 Å². The lowest BCUT2D eigenvalue weighted by Crippen LogP contribution is -2.56. The van der Waals surface area contributed by atoms with Gasteiger partial charge in [-0.2, -0.15) is 0 Å². The van der Waals surface area contributed by atoms with Crippen molar-refractivity contribution >= 4 is 5.97 Å². The number of rotatable bonds is 18. The van der Waals surface area contributed by atoms with Crippen LogP contribution in [0.4, 0.5) is 0 Å². The third kappa shape index (κ3) is 11.3. The van der Waals surface area contributed by atoms with E-state index < -0.39 is 196 Å². The summed E-state index contributed by atoms with van der Waals surface area (Å²) in [6.07, 6.45) is -23.9. The van der Waals surface area contributed by atoms with Gasteiger partial charge < -0.3 is 125 Å². The fourth-order valence-corrected chi connectivity index (χ4v) is 9.99. The molecule has 0 radical (unpaired) electrons. The normalized spacial score (nSPS) is 30.5. The smallest absolute Gasteiger partial charge is 0.338 e. The number of esters is 1. The van der Waals surface area contributed by atoms with E-state index in [1.807, 2.05) is 0 Å². The van der Waals surface area contributed by atoms with Gasteiger partial charge in [0.1, 0.15) is 116 Å². The van der Waals surface area contributed by atoms with Gasteiger partial charge in [-0.25, -0.2) is 18.8 Å². The molecule has 0 aliphatic carbocycles. The van der Waals surface area contributed by atoms with Crippen LogP contribution in [-0.4, -0.2) is 237 Å². The largest absolute Gasteiger partial charge is 0.508 e. The number of hydrogen-bond acceptors (Lipinski definition) is 32. The van der Waals surface area contributed by atoms with Crippen molar-refractivity contribution in [2.45, 2.75) is 130 Å². The van der Waals surface area contributed by atoms with Gasteiger partial charge in [-0.3, -0.25) is 0 Å². The Balaban J connectivity index is 0.916. The van der Waals surface area contributed by atoms with Crippen LogP contribution in [0.25, 0.3) is 0 Å². The van der Waals surface area contributed by atoms with Crippen LogP contribution in [0.15, 0.2) is 55.0 Å². The summed E-state index contributed by atoms with van der Waals surface area (Å²) in [6.45, 7) is -3.75. The van der Waals surface area contributed by atoms with Crippen LogP contribution >= 0.6 is 0 Å². The third-order valence-electron chi connectivity index (χ3n) is 14.5. The van der Waals surface area contributed by atoms with Crippen molar-refractivity contribution in [2.24, 2.45) is 0 Å². The Morgan fingerprint density at radius 2 is 0.905 bits per heavy atom. The summed E-state index contributed by atoms with van der Waals surface area (Å²) in [6, 6.07) is 6.26. The van der Waals surface area contributed by atoms with Crippen molar-refractivity contribution in [3.8, 4) is 51.7 Å². The molecule has 0 unspecified atom stereocenters. The molecular formula is C49H57N9O26. The SMILES string of the molecule is O=C(O[C@@H]1Cc2c(OCc3cnnn3[C@@H]3O[C@H](CO)[C@@H](O)[C@H](O)[C@H]3O)cc(O)cc2O[C@@H]1c1cc(O)c(OCc2cnnn2[C@@H]2O[C@H](CO)[C@@H](O)[C@H](O)[C@H]2O)c(O)c1)c1cc(O)c(OCc2cnnn2[C@@H]2O[C@H](CO)[C@@H](O)[C@H](O)[C@H]2O)c(O)c1. The molecule has 454 valence electrons. The summed E-state index contributed by atoms with van der Waals surface area (Å²) in [5.41, 5.74) is -0.245. The first kappa shape index (κ1) is 59.3. The Labute approximate surface area is 470 Å². The number of aliphatic hydroxyl groups excluding tert-OH is 12. The standard InChI is InChI=1S/C49H57N9O26/c59-11-31-34(67)37(70)40(73)46(81-31)56-19(8-50-53-56)14-77-28-5-22(62)6-29-23(28)7-30(43(80-29)17-1-24(63)44(25(64)2-17)78-15-20-9-51-54-57(20)47-41(74)38(71)35(68)32(12-60)82-47)84-49(76)18-3-26(65)45(27(66)4-18)79-16-21-10-52-55-58(21)48-42(75)39(72)36(69)33(13-61)83-48/h1-6,8-10,30-43,46-48,59-75H,7,11-16H2/t30-,31-,32-,33-,34-,35-,36-,37+,38+,39+,40-,41-,42-,43-,46-,47-,48-/m1/s1. The second kappa shape index (κ2) is 24.4. The quantitative estimate of drug-likeness (QED) is 0.0357. The molecule has 6 aromatic rings. The van der Waals surface area contributed by atoms with E-state index in [0.717, 1.165) is 44.5 Å². The predicted molar refractivity (Wildman–Crippen MR) is 264 cm³/mol. The number of phenolic OH excluding ortho intramolecular Hbond substituents is 5. The molecule has 4 aliphatic heterocycles. The van der Waals surface area contributed by atoms with Crippen molar-refractivity contribution in [1.82, 2.24) is 45.0 Å². The molecule has 84 heavy (non-hydrogen) atoms. The number of phenols is 5. The first-order valence-corrected chi connectivity index (χ1v) is 25.5. The Bertz CT molecular complexity index is 3240. The molecule has 0 amide bonds. The molecule has 35 heteroatoms. The Morgan fingerprint density at radius 1 is 0.512 bits per heavy atom. The molecule has 0 bridgehead atoms. The number of fused-ring (bicyclic) bond motifs is 1. The van der Waals surface area contributed by atoms with Gasteiger partial charge in [0.15, 0.2) is 47.8 Å². The fraction of sp³-hybridized carbons (Fsp3) is 0.490. The summed E-state index contributed by atoms with van der Waals surface area (Å²) >= 11 is 0. The average Bonchev–Trinajstić information content (AvgIpc) is 3.11. The number of carbonyl (C=O) groups is 1. The minimum Gasteiger partial charge on any atom is -0.508 e. The van der Waals surface area contributed by atoms with Gasteiger partial charge in [-0.15, -0.1) is 15.3 Å². The van der Waals surface area contributed by atoms with Crippen molar-refractivity contribution in [3.63, 3.8) is 0 Å². The van der Waals surface area contributed by atoms with E-state index in [4.69, 9.17) is 37.9 Å². The molecule has 35 nitrogen and oxygen atoms in total. The Morgan fingerprint density at radius 3 is 1.31 bits per heavy atom. The molecule has 17 atom stereocenters. The number of hydrogen-bond donors (Lipinski definition) is 17. The fourth-order valence-electron chi connectivity index (χ4n) is 9.99. The van der Waals surface area contributed by atoms with E-state index in [1.54, 1.807) is 0 Å². The lowest BCUT2D eigenvalue weighted by atomic mass is 9.93. The van der Waals surface area contributed by atoms with Gasteiger partial charge in [-0.1, -0.05) is 15.6 Å². The highest BCUT2D eigenvalue weighted by Gasteiger charge is 2.48. The van der Waals surface area contributed by atoms with Crippen LogP contribution in [0.2, 0.25) is 0 Å². The number of carbonyl (C=O) groups excluding carboxylic acids is 1. The van der Waals surface area contributed by atoms with Crippen molar-refractivity contribution in [2.75, 3.05) is 19.8 Å². The van der Waals surface area contributed by atoms with Crippen LogP contribution in [0.3, 0.4) is 0 Å². The monoisotopic (exact) mass is 1190 g/mol. The number of ether oxygens (including phenoxy) is 8. The van der Waals surface area contributed by atoms with Gasteiger partial charge >= 0.3 is 5.97 Å². The summed E-state index contributed by atoms with van der Waals surface area (Å²) in [5.74, 6) is -5.99. The van der Waals surface area contributed by atoms with Crippen molar-refractivity contribution in [1.29, 1.82) is 0 Å². The highest BCUT2D eigenvalue weighted by Crippen LogP contribution is 2.48. The van der Waals surface area contributed by atoms with Gasteiger partial charge in [0, 0.05) is 29.7 Å². The maximum absolute atomic E-state index is 14.2. The second-order valence-corrected chi connectivity index (χ2v) is 19.9. The summed E-state index contributed by atoms with van der Waals surface area (Å²) in [5, 5.41) is 202. The molecule has 17 N–H and O–H groups in total. The Hall–Kier alpha value is -7.85. The highest BCUT2D eigenvalue weighted by atomic mass is 16.6. The molecule has 3 aromatic carbocycles. The molecule has 7 heterocycles. The molecule has 3 fully saturated rings. The van der Waals surface area contributed by atoms with E-state index in [9.17, 15) is 91.6 Å². The van der Waals surface area contributed by atoms with Crippen LogP contribution < -0.4 is 18.9 Å². The predicted octanol–water partition coefficient (Wildman–Crippen LogP) is -5.45. The van der Waals surface area contributed by atoms with Gasteiger partial charge in [0.2, 0.25) is 11.5 Å². The van der Waals surface area contributed by atoms with Crippen molar-refractivity contribution < 1.29 is 130 Å². The van der Waals surface area contributed by atoms with Gasteiger partial charge in [0.05, 0.1) is 61.1 Å². The first-order chi connectivity index (χ1) is 40.2. The van der Waals surface area contributed by atoms with Crippen LogP contribution in [0.1, 0.15) is 63.4 Å². The zero-order valence-corrected chi connectivity index (χ0v) is 43.3. The maximum atomic E-state index is 14.2. The summed E-state index contributed by atoms with van der Waals surface area (Å²) in [4.78, 5) is 14.2. The zero-order chi connectivity index (χ0) is 60.0. The molecule has 3 aromatic heterocycles. The third-order valence-corrected chi connectivity index (χ3v) is 14.5. The van der Waals surface area contributed by atoms with Crippen LogP contribution in [0, 0.1) is 0 Å². The maximum Gasteiger partial charge on any atom is 0.338 e. The zero-order valence-electron chi connectivity index (χ0n) is 43.3. The lowest BCUT2D eigenvalue weighted by molar-refractivity contribution is -0.254. The lowest BCUT2D eigenvalue weighted by Gasteiger charge is -2.40. The minimum atomic E-state index is -1.77. The Kier molecular flexibility index (Phi) is 17.2. The number of nitrogens with zero attached hydrogens (tertiary/aromatic N) is 9. The van der Waals surface area contributed by atoms with E-state index in [1.165, 1.54) is 24.5 Å². The molecule has 3 saturated heterocycles. The van der Waals surface area contributed by atoms with E-state index in [2.05, 4.69) is 30.9 Å².